The van der Waals surface area contributed by atoms with Gasteiger partial charge in [0.25, 0.3) is 0 Å². The third-order valence-electron chi connectivity index (χ3n) is 1.84. The second-order valence-corrected chi connectivity index (χ2v) is 3.37. The standard InChI is InChI=1S/C9H16FNO5/c10-1-2-16-7(5-9(14)15)3-6(11)4-8(12)13/h6-7H,1-5,11H2,(H,12,13)(H,14,15). The third kappa shape index (κ3) is 8.13. The summed E-state index contributed by atoms with van der Waals surface area (Å²) in [5.41, 5.74) is 5.48. The quantitative estimate of drug-likeness (QED) is 0.521. The van der Waals surface area contributed by atoms with Crippen molar-refractivity contribution in [1.82, 2.24) is 0 Å². The van der Waals surface area contributed by atoms with E-state index in [1.165, 1.54) is 0 Å². The molecule has 0 aromatic heterocycles. The number of hydrogen-bond donors (Lipinski definition) is 3. The minimum atomic E-state index is -1.09. The van der Waals surface area contributed by atoms with Crippen LogP contribution < -0.4 is 5.73 Å². The van der Waals surface area contributed by atoms with Crippen LogP contribution in [0.3, 0.4) is 0 Å². The lowest BCUT2D eigenvalue weighted by atomic mass is 10.0. The third-order valence-corrected chi connectivity index (χ3v) is 1.84. The molecule has 0 aromatic carbocycles. The molecule has 6 nitrogen and oxygen atoms in total. The van der Waals surface area contributed by atoms with Crippen molar-refractivity contribution < 1.29 is 28.9 Å². The summed E-state index contributed by atoms with van der Waals surface area (Å²) in [6.07, 6.45) is -1.25. The van der Waals surface area contributed by atoms with Gasteiger partial charge in [-0.15, -0.1) is 0 Å². The monoisotopic (exact) mass is 237 g/mol. The number of rotatable bonds is 9. The second kappa shape index (κ2) is 8.00. The number of halogens is 1. The van der Waals surface area contributed by atoms with Gasteiger partial charge < -0.3 is 20.7 Å². The van der Waals surface area contributed by atoms with Gasteiger partial charge in [0.1, 0.15) is 6.67 Å². The maximum atomic E-state index is 11.8. The highest BCUT2D eigenvalue weighted by Crippen LogP contribution is 2.09. The highest BCUT2D eigenvalue weighted by atomic mass is 19.1. The number of nitrogens with two attached hydrogens (primary N) is 1. The van der Waals surface area contributed by atoms with Crippen LogP contribution in [0.25, 0.3) is 0 Å². The molecule has 94 valence electrons. The van der Waals surface area contributed by atoms with Crippen molar-refractivity contribution in [3.8, 4) is 0 Å². The number of ether oxygens (including phenoxy) is 1. The highest BCUT2D eigenvalue weighted by Gasteiger charge is 2.19. The molecule has 0 heterocycles. The zero-order valence-electron chi connectivity index (χ0n) is 8.76. The van der Waals surface area contributed by atoms with Crippen LogP contribution in [-0.2, 0) is 14.3 Å². The Morgan fingerprint density at radius 2 is 1.81 bits per heavy atom. The second-order valence-electron chi connectivity index (χ2n) is 3.37. The molecule has 2 unspecified atom stereocenters. The number of carbonyl (C=O) groups is 2. The molecule has 2 atom stereocenters. The van der Waals surface area contributed by atoms with Gasteiger partial charge in [0.15, 0.2) is 0 Å². The van der Waals surface area contributed by atoms with Crippen molar-refractivity contribution in [2.45, 2.75) is 31.4 Å². The first kappa shape index (κ1) is 14.8. The molecule has 0 aromatic rings. The predicted octanol–water partition coefficient (Wildman–Crippen LogP) is 0.00790. The summed E-state index contributed by atoms with van der Waals surface area (Å²) < 4.78 is 16.8. The SMILES string of the molecule is NC(CC(=O)O)CC(CC(=O)O)OCCF. The molecule has 0 spiro atoms. The molecule has 16 heavy (non-hydrogen) atoms. The molecular weight excluding hydrogens is 221 g/mol. The van der Waals surface area contributed by atoms with Gasteiger partial charge in [-0.2, -0.15) is 0 Å². The molecule has 4 N–H and O–H groups in total. The molecule has 0 aliphatic carbocycles. The first-order valence-electron chi connectivity index (χ1n) is 4.82. The number of aliphatic carboxylic acids is 2. The Kier molecular flexibility index (Phi) is 7.40. The molecular formula is C9H16FNO5. The lowest BCUT2D eigenvalue weighted by Crippen LogP contribution is -2.31. The van der Waals surface area contributed by atoms with Gasteiger partial charge in [0.2, 0.25) is 0 Å². The van der Waals surface area contributed by atoms with Gasteiger partial charge in [-0.3, -0.25) is 9.59 Å². The van der Waals surface area contributed by atoms with Gasteiger partial charge >= 0.3 is 11.9 Å². The summed E-state index contributed by atoms with van der Waals surface area (Å²) in [5, 5.41) is 17.0. The van der Waals surface area contributed by atoms with E-state index >= 15 is 0 Å². The molecule has 0 fully saturated rings. The molecule has 0 saturated heterocycles. The van der Waals surface area contributed by atoms with Gasteiger partial charge in [-0.25, -0.2) is 4.39 Å². The topological polar surface area (TPSA) is 110 Å². The number of alkyl halides is 1. The van der Waals surface area contributed by atoms with Gasteiger partial charge in [-0.05, 0) is 6.42 Å². The van der Waals surface area contributed by atoms with Gasteiger partial charge in [-0.1, -0.05) is 0 Å². The Hall–Kier alpha value is -1.21. The molecule has 0 amide bonds. The fourth-order valence-electron chi connectivity index (χ4n) is 1.26. The van der Waals surface area contributed by atoms with E-state index in [9.17, 15) is 14.0 Å². The average molecular weight is 237 g/mol. The van der Waals surface area contributed by atoms with Crippen molar-refractivity contribution >= 4 is 11.9 Å². The largest absolute Gasteiger partial charge is 0.481 e. The van der Waals surface area contributed by atoms with E-state index in [0.717, 1.165) is 0 Å². The molecule has 0 saturated carbocycles. The molecule has 0 aliphatic heterocycles. The van der Waals surface area contributed by atoms with E-state index in [4.69, 9.17) is 20.7 Å². The van der Waals surface area contributed by atoms with E-state index in [-0.39, 0.29) is 25.9 Å². The Morgan fingerprint density at radius 3 is 2.25 bits per heavy atom. The summed E-state index contributed by atoms with van der Waals surface area (Å²) >= 11 is 0. The Bertz CT molecular complexity index is 236. The van der Waals surface area contributed by atoms with Crippen molar-refractivity contribution in [2.24, 2.45) is 5.73 Å². The van der Waals surface area contributed by atoms with Crippen LogP contribution in [0, 0.1) is 0 Å². The van der Waals surface area contributed by atoms with E-state index < -0.39 is 30.8 Å². The summed E-state index contributed by atoms with van der Waals surface area (Å²) in [4.78, 5) is 20.8. The van der Waals surface area contributed by atoms with Crippen LogP contribution in [0.4, 0.5) is 4.39 Å². The summed E-state index contributed by atoms with van der Waals surface area (Å²) in [5.74, 6) is -2.15. The van der Waals surface area contributed by atoms with Crippen LogP contribution >= 0.6 is 0 Å². The highest BCUT2D eigenvalue weighted by molar-refractivity contribution is 5.68. The number of hydrogen-bond acceptors (Lipinski definition) is 4. The molecule has 0 bridgehead atoms. The smallest absolute Gasteiger partial charge is 0.305 e. The van der Waals surface area contributed by atoms with Crippen molar-refractivity contribution in [2.75, 3.05) is 13.3 Å². The van der Waals surface area contributed by atoms with E-state index in [2.05, 4.69) is 0 Å². The first-order chi connectivity index (χ1) is 7.45. The summed E-state index contributed by atoms with van der Waals surface area (Å²) in [6, 6.07) is -0.693. The number of carboxylic acid groups (broad SMARTS) is 2. The Balaban J connectivity index is 4.07. The Morgan fingerprint density at radius 1 is 1.25 bits per heavy atom. The van der Waals surface area contributed by atoms with Crippen LogP contribution in [0.1, 0.15) is 19.3 Å². The summed E-state index contributed by atoms with van der Waals surface area (Å²) in [6.45, 7) is -0.929. The fraction of sp³-hybridized carbons (Fsp3) is 0.778. The van der Waals surface area contributed by atoms with Crippen molar-refractivity contribution in [3.63, 3.8) is 0 Å². The van der Waals surface area contributed by atoms with Crippen LogP contribution in [0.15, 0.2) is 0 Å². The minimum Gasteiger partial charge on any atom is -0.481 e. The average Bonchev–Trinajstić information content (AvgIpc) is 2.11. The first-order valence-corrected chi connectivity index (χ1v) is 4.82. The molecule has 0 radical (unpaired) electrons. The normalized spacial score (nSPS) is 14.4. The van der Waals surface area contributed by atoms with Gasteiger partial charge in [0.05, 0.1) is 25.6 Å². The minimum absolute atomic E-state index is 0.0819. The van der Waals surface area contributed by atoms with Crippen LogP contribution in [0.5, 0.6) is 0 Å². The van der Waals surface area contributed by atoms with E-state index in [1.807, 2.05) is 0 Å². The zero-order chi connectivity index (χ0) is 12.6. The maximum Gasteiger partial charge on any atom is 0.305 e. The Labute approximate surface area is 92.2 Å². The zero-order valence-corrected chi connectivity index (χ0v) is 8.76. The van der Waals surface area contributed by atoms with Crippen LogP contribution in [0.2, 0.25) is 0 Å². The van der Waals surface area contributed by atoms with E-state index in [1.54, 1.807) is 0 Å². The lowest BCUT2D eigenvalue weighted by molar-refractivity contribution is -0.140. The predicted molar refractivity (Wildman–Crippen MR) is 52.8 cm³/mol. The maximum absolute atomic E-state index is 11.8. The molecule has 7 heteroatoms. The van der Waals surface area contributed by atoms with Crippen LogP contribution in [-0.4, -0.2) is 47.6 Å². The lowest BCUT2D eigenvalue weighted by Gasteiger charge is -2.18. The fourth-order valence-corrected chi connectivity index (χ4v) is 1.26. The number of carboxylic acids is 2. The van der Waals surface area contributed by atoms with E-state index in [0.29, 0.717) is 0 Å². The van der Waals surface area contributed by atoms with Crippen molar-refractivity contribution in [1.29, 1.82) is 0 Å². The summed E-state index contributed by atoms with van der Waals surface area (Å²) in [7, 11) is 0. The van der Waals surface area contributed by atoms with Gasteiger partial charge in [0, 0.05) is 6.04 Å². The molecule has 0 rings (SSSR count). The van der Waals surface area contributed by atoms with Crippen molar-refractivity contribution in [3.05, 3.63) is 0 Å². The molecule has 0 aliphatic rings.